The molecule has 0 N–H and O–H groups in total. The molecule has 1 aliphatic rings. The molecule has 0 atom stereocenters. The number of nitrogens with zero attached hydrogens (tertiary/aromatic N) is 5. The van der Waals surface area contributed by atoms with Crippen molar-refractivity contribution in [2.75, 3.05) is 18.0 Å². The van der Waals surface area contributed by atoms with E-state index in [1.165, 1.54) is 28.0 Å². The lowest BCUT2D eigenvalue weighted by atomic mass is 10.2. The van der Waals surface area contributed by atoms with Gasteiger partial charge in [-0.05, 0) is 30.3 Å². The average molecular weight is 365 g/mol. The van der Waals surface area contributed by atoms with Gasteiger partial charge in [0, 0.05) is 18.8 Å². The van der Waals surface area contributed by atoms with E-state index in [-0.39, 0.29) is 6.54 Å². The minimum atomic E-state index is -0.678. The zero-order chi connectivity index (χ0) is 18.8. The second-order valence-electron chi connectivity index (χ2n) is 6.15. The van der Waals surface area contributed by atoms with Crippen molar-refractivity contribution < 1.29 is 14.0 Å². The lowest BCUT2D eigenvalue weighted by molar-refractivity contribution is -0.146. The van der Waals surface area contributed by atoms with Crippen LogP contribution in [0, 0.1) is 5.82 Å². The van der Waals surface area contributed by atoms with E-state index in [1.807, 2.05) is 30.3 Å². The molecule has 27 heavy (non-hydrogen) atoms. The predicted molar refractivity (Wildman–Crippen MR) is 95.5 cm³/mol. The SMILES string of the molecule is O=C1C(=O)N(c2cccc(F)c2)CCN1Cc1cn(-c2ccccc2)nn1. The van der Waals surface area contributed by atoms with Gasteiger partial charge in [0.05, 0.1) is 18.4 Å². The van der Waals surface area contributed by atoms with E-state index in [0.717, 1.165) is 5.69 Å². The van der Waals surface area contributed by atoms with Crippen molar-refractivity contribution in [3.8, 4) is 5.69 Å². The van der Waals surface area contributed by atoms with Crippen molar-refractivity contribution in [3.05, 3.63) is 72.3 Å². The van der Waals surface area contributed by atoms with Crippen LogP contribution >= 0.6 is 0 Å². The Bertz CT molecular complexity index is 989. The number of para-hydroxylation sites is 1. The smallest absolute Gasteiger partial charge is 0.316 e. The number of piperazine rings is 1. The van der Waals surface area contributed by atoms with Gasteiger partial charge in [0.15, 0.2) is 0 Å². The van der Waals surface area contributed by atoms with Gasteiger partial charge in [-0.3, -0.25) is 9.59 Å². The highest BCUT2D eigenvalue weighted by molar-refractivity contribution is 6.40. The summed E-state index contributed by atoms with van der Waals surface area (Å²) >= 11 is 0. The third-order valence-corrected chi connectivity index (χ3v) is 4.34. The maximum absolute atomic E-state index is 13.4. The third kappa shape index (κ3) is 3.41. The van der Waals surface area contributed by atoms with Gasteiger partial charge in [-0.15, -0.1) is 5.10 Å². The maximum Gasteiger partial charge on any atom is 0.316 e. The summed E-state index contributed by atoms with van der Waals surface area (Å²) in [5, 5.41) is 8.14. The number of anilines is 1. The summed E-state index contributed by atoms with van der Waals surface area (Å²) in [5.74, 6) is -1.77. The Morgan fingerprint density at radius 2 is 1.70 bits per heavy atom. The molecule has 2 aromatic carbocycles. The summed E-state index contributed by atoms with van der Waals surface area (Å²) < 4.78 is 15.0. The Hall–Kier alpha value is -3.55. The zero-order valence-electron chi connectivity index (χ0n) is 14.3. The Morgan fingerprint density at radius 3 is 2.48 bits per heavy atom. The Kier molecular flexibility index (Phi) is 4.37. The number of rotatable bonds is 4. The van der Waals surface area contributed by atoms with Gasteiger partial charge < -0.3 is 9.80 Å². The zero-order valence-corrected chi connectivity index (χ0v) is 14.3. The largest absolute Gasteiger partial charge is 0.327 e. The highest BCUT2D eigenvalue weighted by atomic mass is 19.1. The minimum absolute atomic E-state index is 0.189. The topological polar surface area (TPSA) is 71.3 Å². The highest BCUT2D eigenvalue weighted by Gasteiger charge is 2.33. The number of carbonyl (C=O) groups is 2. The Morgan fingerprint density at radius 1 is 0.926 bits per heavy atom. The number of carbonyl (C=O) groups excluding carboxylic acids is 2. The van der Waals surface area contributed by atoms with Gasteiger partial charge >= 0.3 is 11.8 Å². The van der Waals surface area contributed by atoms with E-state index < -0.39 is 17.6 Å². The molecule has 1 aliphatic heterocycles. The van der Waals surface area contributed by atoms with Gasteiger partial charge in [-0.1, -0.05) is 29.5 Å². The normalized spacial score (nSPS) is 14.7. The summed E-state index contributed by atoms with van der Waals surface area (Å²) in [6.45, 7) is 0.814. The van der Waals surface area contributed by atoms with E-state index in [4.69, 9.17) is 0 Å². The molecule has 2 heterocycles. The first-order valence-electron chi connectivity index (χ1n) is 8.45. The fourth-order valence-corrected chi connectivity index (χ4v) is 2.99. The van der Waals surface area contributed by atoms with Crippen LogP contribution in [0.1, 0.15) is 5.69 Å². The number of hydrogen-bond donors (Lipinski definition) is 0. The molecule has 0 saturated carbocycles. The third-order valence-electron chi connectivity index (χ3n) is 4.34. The number of amides is 2. The van der Waals surface area contributed by atoms with Crippen molar-refractivity contribution in [1.82, 2.24) is 19.9 Å². The van der Waals surface area contributed by atoms with E-state index in [9.17, 15) is 14.0 Å². The van der Waals surface area contributed by atoms with Crippen LogP contribution in [0.2, 0.25) is 0 Å². The molecule has 0 unspecified atom stereocenters. The predicted octanol–water partition coefficient (Wildman–Crippen LogP) is 1.78. The summed E-state index contributed by atoms with van der Waals surface area (Å²) in [6, 6.07) is 15.1. The first-order valence-corrected chi connectivity index (χ1v) is 8.45. The molecule has 4 rings (SSSR count). The minimum Gasteiger partial charge on any atom is -0.327 e. The molecule has 0 radical (unpaired) electrons. The Balaban J connectivity index is 1.47. The summed E-state index contributed by atoms with van der Waals surface area (Å²) in [5.41, 5.74) is 1.82. The van der Waals surface area contributed by atoms with Crippen molar-refractivity contribution in [3.63, 3.8) is 0 Å². The van der Waals surface area contributed by atoms with Crippen LogP contribution < -0.4 is 4.90 Å². The van der Waals surface area contributed by atoms with Crippen LogP contribution in [-0.2, 0) is 16.1 Å². The van der Waals surface area contributed by atoms with Crippen molar-refractivity contribution in [2.24, 2.45) is 0 Å². The van der Waals surface area contributed by atoms with E-state index in [2.05, 4.69) is 10.3 Å². The monoisotopic (exact) mass is 365 g/mol. The van der Waals surface area contributed by atoms with Gasteiger partial charge in [-0.2, -0.15) is 0 Å². The lowest BCUT2D eigenvalue weighted by Crippen LogP contribution is -2.54. The molecule has 136 valence electrons. The molecule has 0 spiro atoms. The van der Waals surface area contributed by atoms with Crippen LogP contribution in [0.4, 0.5) is 10.1 Å². The van der Waals surface area contributed by atoms with Crippen molar-refractivity contribution in [2.45, 2.75) is 6.54 Å². The Labute approximate surface area is 154 Å². The van der Waals surface area contributed by atoms with Crippen LogP contribution in [0.3, 0.4) is 0 Å². The molecule has 3 aromatic rings. The maximum atomic E-state index is 13.4. The van der Waals surface area contributed by atoms with E-state index in [0.29, 0.717) is 24.5 Å². The average Bonchev–Trinajstić information content (AvgIpc) is 3.15. The molecule has 0 bridgehead atoms. The van der Waals surface area contributed by atoms with Crippen LogP contribution in [0.25, 0.3) is 5.69 Å². The molecular weight excluding hydrogens is 349 g/mol. The molecule has 1 fully saturated rings. The standard InChI is InChI=1S/C19H16FN5O2/c20-14-5-4-8-17(11-14)24-10-9-23(18(26)19(24)27)12-15-13-25(22-21-15)16-6-2-1-3-7-16/h1-8,11,13H,9-10,12H2. The lowest BCUT2D eigenvalue weighted by Gasteiger charge is -2.33. The molecule has 0 aliphatic carbocycles. The second-order valence-corrected chi connectivity index (χ2v) is 6.15. The summed E-state index contributed by atoms with van der Waals surface area (Å²) in [7, 11) is 0. The first-order chi connectivity index (χ1) is 13.1. The van der Waals surface area contributed by atoms with Crippen LogP contribution in [0.5, 0.6) is 0 Å². The van der Waals surface area contributed by atoms with Gasteiger partial charge in [0.2, 0.25) is 0 Å². The molecule has 7 nitrogen and oxygen atoms in total. The first kappa shape index (κ1) is 16.9. The molecule has 8 heteroatoms. The van der Waals surface area contributed by atoms with E-state index >= 15 is 0 Å². The van der Waals surface area contributed by atoms with Crippen LogP contribution in [0.15, 0.2) is 60.8 Å². The van der Waals surface area contributed by atoms with Crippen molar-refractivity contribution >= 4 is 17.5 Å². The summed E-state index contributed by atoms with van der Waals surface area (Å²) in [6.07, 6.45) is 1.73. The molecule has 2 amide bonds. The number of aromatic nitrogens is 3. The van der Waals surface area contributed by atoms with Crippen molar-refractivity contribution in [1.29, 1.82) is 0 Å². The molecule has 1 aromatic heterocycles. The van der Waals surface area contributed by atoms with Gasteiger partial charge in [0.25, 0.3) is 0 Å². The molecule has 1 saturated heterocycles. The number of hydrogen-bond acceptors (Lipinski definition) is 4. The van der Waals surface area contributed by atoms with Gasteiger partial charge in [-0.25, -0.2) is 9.07 Å². The fraction of sp³-hybridized carbons (Fsp3) is 0.158. The number of benzene rings is 2. The molecular formula is C19H16FN5O2. The quantitative estimate of drug-likeness (QED) is 0.661. The van der Waals surface area contributed by atoms with E-state index in [1.54, 1.807) is 16.9 Å². The van der Waals surface area contributed by atoms with Crippen LogP contribution in [-0.4, -0.2) is 44.8 Å². The fourth-order valence-electron chi connectivity index (χ4n) is 2.99. The highest BCUT2D eigenvalue weighted by Crippen LogP contribution is 2.20. The second kappa shape index (κ2) is 6.99. The number of halogens is 1. The van der Waals surface area contributed by atoms with Gasteiger partial charge in [0.1, 0.15) is 11.5 Å². The summed E-state index contributed by atoms with van der Waals surface area (Å²) in [4.78, 5) is 27.6.